The smallest absolute Gasteiger partial charge is 0.452 e. The molecule has 0 bridgehead atoms. The Balaban J connectivity index is 1.66. The Hall–Kier alpha value is -2.80. The summed E-state index contributed by atoms with van der Waals surface area (Å²) in [5.74, 6) is 0. The van der Waals surface area contributed by atoms with Crippen molar-refractivity contribution < 1.29 is 28.6 Å². The van der Waals surface area contributed by atoms with Gasteiger partial charge in [0.1, 0.15) is 13.2 Å². The first-order valence-corrected chi connectivity index (χ1v) is 7.76. The topological polar surface area (TPSA) is 78.9 Å². The van der Waals surface area contributed by atoms with E-state index in [1.165, 1.54) is 0 Å². The maximum atomic E-state index is 11.5. The highest BCUT2D eigenvalue weighted by molar-refractivity contribution is 8.25. The van der Waals surface area contributed by atoms with Gasteiger partial charge in [-0.05, 0) is 11.1 Å². The molecule has 7 heteroatoms. The van der Waals surface area contributed by atoms with Gasteiger partial charge in [-0.1, -0.05) is 60.7 Å². The van der Waals surface area contributed by atoms with Gasteiger partial charge in [0.2, 0.25) is 0 Å². The van der Waals surface area contributed by atoms with Crippen LogP contribution in [0.1, 0.15) is 11.1 Å². The number of benzene rings is 2. The van der Waals surface area contributed by atoms with Crippen molar-refractivity contribution in [3.63, 3.8) is 0 Å². The van der Waals surface area contributed by atoms with Crippen LogP contribution in [0.15, 0.2) is 60.7 Å². The summed E-state index contributed by atoms with van der Waals surface area (Å²) >= 11 is 0.146. The standard InChI is InChI=1S/C17H14O6S/c18-15(21-11-13-7-3-1-4-8-13)23-17(20)24-16(19)22-12-14-9-5-2-6-10-14/h1-10H,11-12H2. The van der Waals surface area contributed by atoms with Crippen LogP contribution in [0, 0.1) is 0 Å². The lowest BCUT2D eigenvalue weighted by molar-refractivity contribution is 0.0778. The van der Waals surface area contributed by atoms with Crippen LogP contribution in [0.3, 0.4) is 0 Å². The molecule has 0 spiro atoms. The highest BCUT2D eigenvalue weighted by Gasteiger charge is 2.18. The summed E-state index contributed by atoms with van der Waals surface area (Å²) in [6.45, 7) is -0.00548. The Labute approximate surface area is 142 Å². The molecule has 0 atom stereocenters. The van der Waals surface area contributed by atoms with Gasteiger partial charge < -0.3 is 14.2 Å². The van der Waals surface area contributed by atoms with Gasteiger partial charge >= 0.3 is 16.8 Å². The zero-order valence-electron chi connectivity index (χ0n) is 12.5. The van der Waals surface area contributed by atoms with Crippen LogP contribution in [-0.2, 0) is 27.4 Å². The van der Waals surface area contributed by atoms with E-state index in [1.54, 1.807) is 48.5 Å². The molecule has 0 saturated carbocycles. The van der Waals surface area contributed by atoms with E-state index >= 15 is 0 Å². The summed E-state index contributed by atoms with van der Waals surface area (Å²) in [6.07, 6.45) is -1.17. The van der Waals surface area contributed by atoms with Gasteiger partial charge in [-0.3, -0.25) is 0 Å². The van der Waals surface area contributed by atoms with E-state index in [1.807, 2.05) is 12.1 Å². The van der Waals surface area contributed by atoms with Crippen LogP contribution in [0.25, 0.3) is 0 Å². The van der Waals surface area contributed by atoms with Gasteiger partial charge in [0.05, 0.1) is 11.8 Å². The molecule has 0 aliphatic heterocycles. The molecule has 0 aromatic heterocycles. The zero-order chi connectivity index (χ0) is 17.2. The first kappa shape index (κ1) is 17.6. The molecule has 0 radical (unpaired) electrons. The molecule has 0 N–H and O–H groups in total. The minimum Gasteiger partial charge on any atom is -0.452 e. The number of hydrogen-bond donors (Lipinski definition) is 0. The molecule has 0 aliphatic carbocycles. The van der Waals surface area contributed by atoms with E-state index in [-0.39, 0.29) is 25.0 Å². The quantitative estimate of drug-likeness (QED) is 0.594. The maximum absolute atomic E-state index is 11.5. The van der Waals surface area contributed by atoms with Crippen molar-refractivity contribution in [1.82, 2.24) is 0 Å². The first-order chi connectivity index (χ1) is 11.6. The van der Waals surface area contributed by atoms with Gasteiger partial charge in [-0.2, -0.15) is 0 Å². The molecule has 24 heavy (non-hydrogen) atoms. The van der Waals surface area contributed by atoms with Crippen molar-refractivity contribution in [3.8, 4) is 0 Å². The SMILES string of the molecule is O=C(OCc1ccccc1)OC(=O)SC(=O)OCc1ccccc1. The Morgan fingerprint density at radius 2 is 1.21 bits per heavy atom. The maximum Gasteiger partial charge on any atom is 0.517 e. The van der Waals surface area contributed by atoms with Crippen LogP contribution in [0.5, 0.6) is 0 Å². The third kappa shape index (κ3) is 6.53. The molecule has 6 nitrogen and oxygen atoms in total. The first-order valence-electron chi connectivity index (χ1n) is 6.94. The summed E-state index contributed by atoms with van der Waals surface area (Å²) in [4.78, 5) is 34.3. The molecule has 0 aliphatic rings. The Kier molecular flexibility index (Phi) is 6.85. The predicted octanol–water partition coefficient (Wildman–Crippen LogP) is 4.53. The number of ether oxygens (including phenoxy) is 3. The molecule has 0 fully saturated rings. The molecular formula is C17H14O6S. The lowest BCUT2D eigenvalue weighted by Crippen LogP contribution is -2.12. The number of carbonyl (C=O) groups is 3. The molecule has 2 aromatic rings. The van der Waals surface area contributed by atoms with E-state index < -0.39 is 16.8 Å². The molecule has 2 rings (SSSR count). The fraction of sp³-hybridized carbons (Fsp3) is 0.118. The zero-order valence-corrected chi connectivity index (χ0v) is 13.4. The monoisotopic (exact) mass is 346 g/mol. The van der Waals surface area contributed by atoms with Crippen LogP contribution in [-0.4, -0.2) is 16.8 Å². The molecule has 2 aromatic carbocycles. The van der Waals surface area contributed by atoms with Crippen LogP contribution in [0.4, 0.5) is 14.4 Å². The van der Waals surface area contributed by atoms with E-state index in [2.05, 4.69) is 4.74 Å². The average Bonchev–Trinajstić information content (AvgIpc) is 2.60. The summed E-state index contributed by atoms with van der Waals surface area (Å²) in [6, 6.07) is 17.9. The van der Waals surface area contributed by atoms with Gasteiger partial charge in [0.15, 0.2) is 0 Å². The fourth-order valence-corrected chi connectivity index (χ4v) is 2.01. The summed E-state index contributed by atoms with van der Waals surface area (Å²) in [5, 5.41) is -1.97. The van der Waals surface area contributed by atoms with Gasteiger partial charge in [0.25, 0.3) is 0 Å². The van der Waals surface area contributed by atoms with E-state index in [4.69, 9.17) is 9.47 Å². The second-order valence-corrected chi connectivity index (χ2v) is 5.37. The highest BCUT2D eigenvalue weighted by atomic mass is 32.2. The second-order valence-electron chi connectivity index (χ2n) is 4.50. The van der Waals surface area contributed by atoms with Crippen LogP contribution < -0.4 is 0 Å². The second kappa shape index (κ2) is 9.36. The molecular weight excluding hydrogens is 332 g/mol. The molecule has 0 unspecified atom stereocenters. The third-order valence-corrected chi connectivity index (χ3v) is 3.27. The third-order valence-electron chi connectivity index (χ3n) is 2.73. The lowest BCUT2D eigenvalue weighted by atomic mass is 10.2. The van der Waals surface area contributed by atoms with Crippen molar-refractivity contribution in [3.05, 3.63) is 71.8 Å². The minimum absolute atomic E-state index is 0.0262. The average molecular weight is 346 g/mol. The van der Waals surface area contributed by atoms with E-state index in [0.717, 1.165) is 11.1 Å². The van der Waals surface area contributed by atoms with Crippen molar-refractivity contribution in [2.45, 2.75) is 13.2 Å². The van der Waals surface area contributed by atoms with Crippen molar-refractivity contribution >= 4 is 28.5 Å². The number of rotatable bonds is 4. The number of hydrogen-bond acceptors (Lipinski definition) is 7. The lowest BCUT2D eigenvalue weighted by Gasteiger charge is -2.05. The number of thioether (sulfide) groups is 1. The summed E-state index contributed by atoms with van der Waals surface area (Å²) < 4.78 is 14.0. The summed E-state index contributed by atoms with van der Waals surface area (Å²) in [7, 11) is 0. The molecule has 0 saturated heterocycles. The van der Waals surface area contributed by atoms with Gasteiger partial charge in [-0.15, -0.1) is 0 Å². The van der Waals surface area contributed by atoms with Gasteiger partial charge in [0, 0.05) is 0 Å². The molecule has 0 heterocycles. The van der Waals surface area contributed by atoms with E-state index in [0.29, 0.717) is 0 Å². The molecule has 0 amide bonds. The van der Waals surface area contributed by atoms with Crippen molar-refractivity contribution in [1.29, 1.82) is 0 Å². The van der Waals surface area contributed by atoms with Crippen molar-refractivity contribution in [2.24, 2.45) is 0 Å². The Morgan fingerprint density at radius 3 is 1.75 bits per heavy atom. The molecule has 124 valence electrons. The number of carbonyl (C=O) groups excluding carboxylic acids is 3. The van der Waals surface area contributed by atoms with Crippen LogP contribution >= 0.6 is 11.8 Å². The fourth-order valence-electron chi connectivity index (χ4n) is 1.65. The largest absolute Gasteiger partial charge is 0.517 e. The Bertz CT molecular complexity index is 627. The normalized spacial score (nSPS) is 9.83. The highest BCUT2D eigenvalue weighted by Crippen LogP contribution is 2.13. The predicted molar refractivity (Wildman–Crippen MR) is 87.3 cm³/mol. The van der Waals surface area contributed by atoms with Crippen molar-refractivity contribution in [2.75, 3.05) is 0 Å². The van der Waals surface area contributed by atoms with E-state index in [9.17, 15) is 14.4 Å². The van der Waals surface area contributed by atoms with Crippen LogP contribution in [0.2, 0.25) is 0 Å². The summed E-state index contributed by atoms with van der Waals surface area (Å²) in [5.41, 5.74) is 1.53. The van der Waals surface area contributed by atoms with Gasteiger partial charge in [-0.25, -0.2) is 14.4 Å². The minimum atomic E-state index is -1.17. The Morgan fingerprint density at radius 1 is 0.708 bits per heavy atom.